The Morgan fingerprint density at radius 2 is 2.12 bits per heavy atom. The third-order valence-corrected chi connectivity index (χ3v) is 3.88. The van der Waals surface area contributed by atoms with E-state index in [4.69, 9.17) is 11.6 Å². The lowest BCUT2D eigenvalue weighted by molar-refractivity contribution is 0.551. The van der Waals surface area contributed by atoms with Crippen molar-refractivity contribution in [3.05, 3.63) is 27.6 Å². The van der Waals surface area contributed by atoms with Crippen LogP contribution in [0.15, 0.2) is 22.0 Å². The van der Waals surface area contributed by atoms with Gasteiger partial charge in [-0.1, -0.05) is 25.4 Å². The highest BCUT2D eigenvalue weighted by Gasteiger charge is 2.15. The number of aromatic nitrogens is 1. The molecule has 0 atom stereocenters. The molecule has 5 nitrogen and oxygen atoms in total. The number of sulfonamides is 1. The maximum absolute atomic E-state index is 11.8. The van der Waals surface area contributed by atoms with Gasteiger partial charge in [-0.3, -0.25) is 4.79 Å². The number of rotatable bonds is 5. The Bertz CT molecular complexity index is 537. The molecule has 0 saturated heterocycles. The average molecular weight is 279 g/mol. The molecule has 2 N–H and O–H groups in total. The topological polar surface area (TPSA) is 79.0 Å². The van der Waals surface area contributed by atoms with Crippen molar-refractivity contribution in [2.24, 2.45) is 5.92 Å². The first-order valence-corrected chi connectivity index (χ1v) is 7.07. The van der Waals surface area contributed by atoms with E-state index in [0.29, 0.717) is 12.5 Å². The summed E-state index contributed by atoms with van der Waals surface area (Å²) in [6.45, 7) is 4.37. The second-order valence-electron chi connectivity index (χ2n) is 4.09. The molecule has 0 aliphatic carbocycles. The normalized spacial score (nSPS) is 12.0. The molecule has 0 spiro atoms. The molecule has 7 heteroatoms. The van der Waals surface area contributed by atoms with Crippen molar-refractivity contribution in [3.63, 3.8) is 0 Å². The molecule has 0 bridgehead atoms. The zero-order chi connectivity index (χ0) is 13.1. The van der Waals surface area contributed by atoms with Gasteiger partial charge in [-0.25, -0.2) is 13.1 Å². The molecule has 0 radical (unpaired) electrons. The summed E-state index contributed by atoms with van der Waals surface area (Å²) < 4.78 is 26.0. The van der Waals surface area contributed by atoms with Crippen LogP contribution in [-0.2, 0) is 10.0 Å². The van der Waals surface area contributed by atoms with Gasteiger partial charge in [-0.15, -0.1) is 0 Å². The van der Waals surface area contributed by atoms with Crippen molar-refractivity contribution in [3.8, 4) is 0 Å². The number of H-pyrrole nitrogens is 1. The number of hydrogen-bond donors (Lipinski definition) is 2. The van der Waals surface area contributed by atoms with E-state index >= 15 is 0 Å². The molecule has 1 rings (SSSR count). The molecule has 17 heavy (non-hydrogen) atoms. The molecule has 0 fully saturated rings. The highest BCUT2D eigenvalue weighted by molar-refractivity contribution is 7.89. The van der Waals surface area contributed by atoms with Crippen LogP contribution in [0.1, 0.15) is 20.3 Å². The summed E-state index contributed by atoms with van der Waals surface area (Å²) in [4.78, 5) is 13.2. The molecule has 0 aliphatic rings. The van der Waals surface area contributed by atoms with E-state index in [1.54, 1.807) is 0 Å². The van der Waals surface area contributed by atoms with Crippen molar-refractivity contribution >= 4 is 21.6 Å². The molecule has 0 aliphatic heterocycles. The molecule has 0 amide bonds. The zero-order valence-corrected chi connectivity index (χ0v) is 11.2. The van der Waals surface area contributed by atoms with Gasteiger partial charge < -0.3 is 4.98 Å². The molecule has 96 valence electrons. The molecular weight excluding hydrogens is 264 g/mol. The SMILES string of the molecule is CC(C)CCNS(=O)(=O)c1c[nH]c(=O)c(Cl)c1. The van der Waals surface area contributed by atoms with Gasteiger partial charge in [0.25, 0.3) is 5.56 Å². The van der Waals surface area contributed by atoms with Gasteiger partial charge in [0.2, 0.25) is 10.0 Å². The number of hydrogen-bond acceptors (Lipinski definition) is 3. The predicted molar refractivity (Wildman–Crippen MR) is 66.7 cm³/mol. The molecule has 1 aromatic heterocycles. The summed E-state index contributed by atoms with van der Waals surface area (Å²) in [5.41, 5.74) is -0.507. The van der Waals surface area contributed by atoms with Crippen LogP contribution in [0, 0.1) is 5.92 Å². The smallest absolute Gasteiger partial charge is 0.266 e. The summed E-state index contributed by atoms with van der Waals surface area (Å²) in [7, 11) is -3.60. The van der Waals surface area contributed by atoms with Crippen LogP contribution in [0.4, 0.5) is 0 Å². The number of aromatic amines is 1. The molecule has 0 saturated carbocycles. The van der Waals surface area contributed by atoms with E-state index in [9.17, 15) is 13.2 Å². The van der Waals surface area contributed by atoms with E-state index in [2.05, 4.69) is 9.71 Å². The standard InChI is InChI=1S/C10H15ClN2O3S/c1-7(2)3-4-13-17(15,16)8-5-9(11)10(14)12-6-8/h5-7,13H,3-4H2,1-2H3,(H,12,14). The number of halogens is 1. The van der Waals surface area contributed by atoms with Crippen molar-refractivity contribution in [2.45, 2.75) is 25.2 Å². The second kappa shape index (κ2) is 5.66. The fourth-order valence-electron chi connectivity index (χ4n) is 1.16. The average Bonchev–Trinajstić information content (AvgIpc) is 2.21. The van der Waals surface area contributed by atoms with Crippen LogP contribution in [0.3, 0.4) is 0 Å². The highest BCUT2D eigenvalue weighted by atomic mass is 35.5. The van der Waals surface area contributed by atoms with Gasteiger partial charge in [-0.05, 0) is 18.4 Å². The molecular formula is C10H15ClN2O3S. The Kier molecular flexibility index (Phi) is 4.73. The van der Waals surface area contributed by atoms with Gasteiger partial charge in [0, 0.05) is 12.7 Å². The largest absolute Gasteiger partial charge is 0.326 e. The fraction of sp³-hybridized carbons (Fsp3) is 0.500. The summed E-state index contributed by atoms with van der Waals surface area (Å²) in [5.74, 6) is 0.414. The van der Waals surface area contributed by atoms with Gasteiger partial charge in [0.15, 0.2) is 0 Å². The van der Waals surface area contributed by atoms with Crippen molar-refractivity contribution in [2.75, 3.05) is 6.54 Å². The van der Waals surface area contributed by atoms with Crippen LogP contribution >= 0.6 is 11.6 Å². The highest BCUT2D eigenvalue weighted by Crippen LogP contribution is 2.10. The fourth-order valence-corrected chi connectivity index (χ4v) is 2.44. The predicted octanol–water partition coefficient (Wildman–Crippen LogP) is 1.35. The number of nitrogens with one attached hydrogen (secondary N) is 2. The Hall–Kier alpha value is -0.850. The molecule has 1 heterocycles. The van der Waals surface area contributed by atoms with E-state index < -0.39 is 15.6 Å². The van der Waals surface area contributed by atoms with Crippen LogP contribution in [0.5, 0.6) is 0 Å². The first-order chi connectivity index (χ1) is 7.83. The van der Waals surface area contributed by atoms with Crippen molar-refractivity contribution in [1.29, 1.82) is 0 Å². The maximum Gasteiger partial charge on any atom is 0.266 e. The van der Waals surface area contributed by atoms with Crippen LogP contribution < -0.4 is 10.3 Å². The van der Waals surface area contributed by atoms with Crippen molar-refractivity contribution < 1.29 is 8.42 Å². The lowest BCUT2D eigenvalue weighted by atomic mass is 10.1. The van der Waals surface area contributed by atoms with Gasteiger partial charge in [0.1, 0.15) is 5.02 Å². The molecule has 0 unspecified atom stereocenters. The Morgan fingerprint density at radius 1 is 1.47 bits per heavy atom. The first kappa shape index (κ1) is 14.2. The van der Waals surface area contributed by atoms with Crippen LogP contribution in [0.25, 0.3) is 0 Å². The molecule has 0 aromatic carbocycles. The van der Waals surface area contributed by atoms with E-state index in [1.807, 2.05) is 13.8 Å². The lowest BCUT2D eigenvalue weighted by Crippen LogP contribution is -2.26. The number of pyridine rings is 1. The minimum Gasteiger partial charge on any atom is -0.326 e. The minimum atomic E-state index is -3.60. The van der Waals surface area contributed by atoms with E-state index in [0.717, 1.165) is 18.7 Å². The monoisotopic (exact) mass is 278 g/mol. The Balaban J connectivity index is 2.83. The van der Waals surface area contributed by atoms with Crippen molar-refractivity contribution in [1.82, 2.24) is 9.71 Å². The summed E-state index contributed by atoms with van der Waals surface area (Å²) in [6.07, 6.45) is 1.88. The van der Waals surface area contributed by atoms with Crippen LogP contribution in [-0.4, -0.2) is 19.9 Å². The Morgan fingerprint density at radius 3 is 2.65 bits per heavy atom. The lowest BCUT2D eigenvalue weighted by Gasteiger charge is -2.08. The summed E-state index contributed by atoms with van der Waals surface area (Å²) in [5, 5.41) is -0.142. The molecule has 1 aromatic rings. The Labute approximate surface area is 105 Å². The first-order valence-electron chi connectivity index (χ1n) is 5.21. The van der Waals surface area contributed by atoms with Crippen LogP contribution in [0.2, 0.25) is 5.02 Å². The van der Waals surface area contributed by atoms with E-state index in [1.165, 1.54) is 0 Å². The maximum atomic E-state index is 11.8. The third-order valence-electron chi connectivity index (χ3n) is 2.16. The summed E-state index contributed by atoms with van der Waals surface area (Å²) >= 11 is 5.57. The quantitative estimate of drug-likeness (QED) is 0.853. The minimum absolute atomic E-state index is 0.0362. The van der Waals surface area contributed by atoms with E-state index in [-0.39, 0.29) is 9.92 Å². The van der Waals surface area contributed by atoms with Gasteiger partial charge >= 0.3 is 0 Å². The third kappa shape index (κ3) is 4.14. The second-order valence-corrected chi connectivity index (χ2v) is 6.27. The van der Waals surface area contributed by atoms with Gasteiger partial charge in [-0.2, -0.15) is 0 Å². The summed E-state index contributed by atoms with van der Waals surface area (Å²) in [6, 6.07) is 1.14. The zero-order valence-electron chi connectivity index (χ0n) is 9.66. The van der Waals surface area contributed by atoms with Gasteiger partial charge in [0.05, 0.1) is 4.90 Å².